The molecule has 0 aromatic carbocycles. The number of fused-ring (bicyclic) bond motifs is 1. The summed E-state index contributed by atoms with van der Waals surface area (Å²) in [6.07, 6.45) is -1.45. The summed E-state index contributed by atoms with van der Waals surface area (Å²) in [6, 6.07) is 0. The van der Waals surface area contributed by atoms with Gasteiger partial charge in [-0.2, -0.15) is 0 Å². The summed E-state index contributed by atoms with van der Waals surface area (Å²) >= 11 is 0. The molecule has 0 N–H and O–H groups in total. The first-order valence-corrected chi connectivity index (χ1v) is 5.15. The lowest BCUT2D eigenvalue weighted by atomic mass is 10.1. The molecule has 4 unspecified atom stereocenters. The van der Waals surface area contributed by atoms with Crippen molar-refractivity contribution < 1.29 is 28.5 Å². The molecule has 0 amide bonds. The summed E-state index contributed by atoms with van der Waals surface area (Å²) in [5.41, 5.74) is 0. The predicted molar refractivity (Wildman–Crippen MR) is 50.6 cm³/mol. The van der Waals surface area contributed by atoms with Crippen LogP contribution in [0.5, 0.6) is 0 Å². The highest BCUT2D eigenvalue weighted by atomic mass is 16.7. The maximum absolute atomic E-state index is 10.8. The molecule has 0 aliphatic carbocycles. The first-order chi connectivity index (χ1) is 7.58. The molecular weight excluding hydrogens is 216 g/mol. The number of carbonyl (C=O) groups is 2. The third-order valence-electron chi connectivity index (χ3n) is 2.60. The molecule has 0 aromatic rings. The van der Waals surface area contributed by atoms with Crippen molar-refractivity contribution in [3.63, 3.8) is 0 Å². The summed E-state index contributed by atoms with van der Waals surface area (Å²) < 4.78 is 20.9. The zero-order valence-electron chi connectivity index (χ0n) is 9.17. The largest absolute Gasteiger partial charge is 0.457 e. The van der Waals surface area contributed by atoms with Crippen LogP contribution < -0.4 is 0 Å². The molecule has 6 nitrogen and oxygen atoms in total. The van der Waals surface area contributed by atoms with E-state index in [1.165, 1.54) is 13.8 Å². The standard InChI is InChI=1S/C10H14O6/c1-5(11)15-7-3-13-10-8(16-6(2)12)4-14-9(7)10/h7-10H,3-4H2,1-2H3. The van der Waals surface area contributed by atoms with E-state index in [-0.39, 0.29) is 37.4 Å². The normalized spacial score (nSPS) is 36.9. The van der Waals surface area contributed by atoms with Crippen molar-refractivity contribution in [1.82, 2.24) is 0 Å². The van der Waals surface area contributed by atoms with Crippen molar-refractivity contribution in [2.75, 3.05) is 13.2 Å². The molecule has 2 fully saturated rings. The Morgan fingerprint density at radius 1 is 0.938 bits per heavy atom. The van der Waals surface area contributed by atoms with Crippen LogP contribution in [0.1, 0.15) is 13.8 Å². The van der Waals surface area contributed by atoms with Gasteiger partial charge < -0.3 is 18.9 Å². The molecule has 6 heteroatoms. The Kier molecular flexibility index (Phi) is 3.11. The lowest BCUT2D eigenvalue weighted by Crippen LogP contribution is -2.35. The summed E-state index contributed by atoms with van der Waals surface area (Å²) in [5, 5.41) is 0. The van der Waals surface area contributed by atoms with Crippen molar-refractivity contribution in [2.45, 2.75) is 38.3 Å². The second-order valence-electron chi connectivity index (χ2n) is 3.89. The van der Waals surface area contributed by atoms with Crippen LogP contribution in [0, 0.1) is 0 Å². The van der Waals surface area contributed by atoms with Crippen LogP contribution in [-0.2, 0) is 28.5 Å². The topological polar surface area (TPSA) is 71.1 Å². The number of ether oxygens (including phenoxy) is 4. The average molecular weight is 230 g/mol. The highest BCUT2D eigenvalue weighted by molar-refractivity contribution is 5.66. The van der Waals surface area contributed by atoms with Crippen LogP contribution in [0.15, 0.2) is 0 Å². The van der Waals surface area contributed by atoms with E-state index < -0.39 is 12.2 Å². The van der Waals surface area contributed by atoms with E-state index >= 15 is 0 Å². The fraction of sp³-hybridized carbons (Fsp3) is 0.800. The molecule has 16 heavy (non-hydrogen) atoms. The Bertz CT molecular complexity index is 272. The van der Waals surface area contributed by atoms with Gasteiger partial charge in [-0.15, -0.1) is 0 Å². The second-order valence-corrected chi connectivity index (χ2v) is 3.89. The van der Waals surface area contributed by atoms with Crippen molar-refractivity contribution >= 4 is 11.9 Å². The fourth-order valence-corrected chi connectivity index (χ4v) is 2.06. The van der Waals surface area contributed by atoms with Crippen molar-refractivity contribution in [3.8, 4) is 0 Å². The van der Waals surface area contributed by atoms with Crippen LogP contribution in [0.3, 0.4) is 0 Å². The molecule has 0 spiro atoms. The molecule has 4 atom stereocenters. The SMILES string of the molecule is CC(=O)OC1COC2C(OC(C)=O)COC12. The lowest BCUT2D eigenvalue weighted by Gasteiger charge is -2.16. The van der Waals surface area contributed by atoms with Gasteiger partial charge in [0.25, 0.3) is 0 Å². The van der Waals surface area contributed by atoms with Crippen molar-refractivity contribution in [2.24, 2.45) is 0 Å². The fourth-order valence-electron chi connectivity index (χ4n) is 2.06. The van der Waals surface area contributed by atoms with Gasteiger partial charge in [-0.1, -0.05) is 0 Å². The Hall–Kier alpha value is -1.14. The third-order valence-corrected chi connectivity index (χ3v) is 2.60. The average Bonchev–Trinajstić information content (AvgIpc) is 2.70. The predicted octanol–water partition coefficient (Wildman–Crippen LogP) is -0.353. The molecule has 2 aliphatic heterocycles. The molecule has 0 saturated carbocycles. The summed E-state index contributed by atoms with van der Waals surface area (Å²) in [7, 11) is 0. The van der Waals surface area contributed by atoms with Gasteiger partial charge in [-0.3, -0.25) is 9.59 Å². The zero-order valence-corrected chi connectivity index (χ0v) is 9.17. The smallest absolute Gasteiger partial charge is 0.303 e. The monoisotopic (exact) mass is 230 g/mol. The van der Waals surface area contributed by atoms with Crippen molar-refractivity contribution in [1.29, 1.82) is 0 Å². The minimum absolute atomic E-state index is 0.284. The van der Waals surface area contributed by atoms with Gasteiger partial charge in [-0.05, 0) is 0 Å². The molecule has 2 heterocycles. The van der Waals surface area contributed by atoms with Gasteiger partial charge in [0.15, 0.2) is 12.2 Å². The minimum atomic E-state index is -0.400. The van der Waals surface area contributed by atoms with Gasteiger partial charge in [0, 0.05) is 13.8 Å². The quantitative estimate of drug-likeness (QED) is 0.604. The Labute approximate surface area is 92.8 Å². The minimum Gasteiger partial charge on any atom is -0.457 e. The number of rotatable bonds is 2. The van der Waals surface area contributed by atoms with E-state index in [4.69, 9.17) is 18.9 Å². The number of carbonyl (C=O) groups excluding carboxylic acids is 2. The highest BCUT2D eigenvalue weighted by Crippen LogP contribution is 2.30. The van der Waals surface area contributed by atoms with E-state index in [1.54, 1.807) is 0 Å². The van der Waals surface area contributed by atoms with Crippen LogP contribution >= 0.6 is 0 Å². The summed E-state index contributed by atoms with van der Waals surface area (Å²) in [6.45, 7) is 3.25. The van der Waals surface area contributed by atoms with Gasteiger partial charge in [0.1, 0.15) is 12.2 Å². The molecule has 2 saturated heterocycles. The zero-order chi connectivity index (χ0) is 11.7. The van der Waals surface area contributed by atoms with Crippen LogP contribution in [0.25, 0.3) is 0 Å². The van der Waals surface area contributed by atoms with Crippen LogP contribution in [-0.4, -0.2) is 49.6 Å². The van der Waals surface area contributed by atoms with Crippen molar-refractivity contribution in [3.05, 3.63) is 0 Å². The molecule has 0 radical (unpaired) electrons. The second kappa shape index (κ2) is 4.39. The molecular formula is C10H14O6. The third kappa shape index (κ3) is 2.17. The van der Waals surface area contributed by atoms with E-state index in [9.17, 15) is 9.59 Å². The van der Waals surface area contributed by atoms with Crippen LogP contribution in [0.4, 0.5) is 0 Å². The highest BCUT2D eigenvalue weighted by Gasteiger charge is 2.50. The van der Waals surface area contributed by atoms with E-state index in [2.05, 4.69) is 0 Å². The van der Waals surface area contributed by atoms with Gasteiger partial charge >= 0.3 is 11.9 Å². The lowest BCUT2D eigenvalue weighted by molar-refractivity contribution is -0.152. The first kappa shape index (κ1) is 11.3. The van der Waals surface area contributed by atoms with Gasteiger partial charge in [0.2, 0.25) is 0 Å². The number of hydrogen-bond acceptors (Lipinski definition) is 6. The number of hydrogen-bond donors (Lipinski definition) is 0. The Morgan fingerprint density at radius 3 is 1.62 bits per heavy atom. The maximum atomic E-state index is 10.8. The molecule has 2 rings (SSSR count). The van der Waals surface area contributed by atoms with E-state index in [0.717, 1.165) is 0 Å². The molecule has 0 bridgehead atoms. The molecule has 90 valence electrons. The molecule has 2 aliphatic rings. The first-order valence-electron chi connectivity index (χ1n) is 5.15. The van der Waals surface area contributed by atoms with E-state index in [1.807, 2.05) is 0 Å². The van der Waals surface area contributed by atoms with E-state index in [0.29, 0.717) is 0 Å². The summed E-state index contributed by atoms with van der Waals surface area (Å²) in [4.78, 5) is 21.7. The number of esters is 2. The Balaban J connectivity index is 1.95. The van der Waals surface area contributed by atoms with Gasteiger partial charge in [0.05, 0.1) is 13.2 Å². The molecule has 0 aromatic heterocycles. The summed E-state index contributed by atoms with van der Waals surface area (Å²) in [5.74, 6) is -0.734. The van der Waals surface area contributed by atoms with Gasteiger partial charge in [-0.25, -0.2) is 0 Å². The van der Waals surface area contributed by atoms with Crippen LogP contribution in [0.2, 0.25) is 0 Å². The maximum Gasteiger partial charge on any atom is 0.303 e. The Morgan fingerprint density at radius 2 is 1.31 bits per heavy atom.